The van der Waals surface area contributed by atoms with Gasteiger partial charge in [0.05, 0.1) is 18.3 Å². The summed E-state index contributed by atoms with van der Waals surface area (Å²) in [5, 5.41) is 8.04. The van der Waals surface area contributed by atoms with Crippen LogP contribution in [0.15, 0.2) is 37.1 Å². The number of rotatable bonds is 9. The summed E-state index contributed by atoms with van der Waals surface area (Å²) in [6.45, 7) is 14.8. The largest absolute Gasteiger partial charge is 0.491 e. The minimum absolute atomic E-state index is 0.0182. The molecule has 0 radical (unpaired) electrons. The van der Waals surface area contributed by atoms with Gasteiger partial charge in [0.25, 0.3) is 6.08 Å². The number of fused-ring (bicyclic) bond motifs is 2. The van der Waals surface area contributed by atoms with Gasteiger partial charge < -0.3 is 24.2 Å². The van der Waals surface area contributed by atoms with Gasteiger partial charge in [-0.1, -0.05) is 13.5 Å². The zero-order chi connectivity index (χ0) is 35.2. The van der Waals surface area contributed by atoms with Gasteiger partial charge in [-0.25, -0.2) is 4.39 Å². The van der Waals surface area contributed by atoms with Gasteiger partial charge in [0.2, 0.25) is 5.91 Å². The monoisotopic (exact) mass is 689 g/mol. The summed E-state index contributed by atoms with van der Waals surface area (Å²) in [5.74, 6) is 0.240. The lowest BCUT2D eigenvalue weighted by molar-refractivity contribution is -0.139. The average molecular weight is 690 g/mol. The highest BCUT2D eigenvalue weighted by Crippen LogP contribution is 2.48. The summed E-state index contributed by atoms with van der Waals surface area (Å²) in [7, 11) is 0. The molecule has 4 aromatic rings. The first-order chi connectivity index (χ1) is 24.1. The van der Waals surface area contributed by atoms with Crippen LogP contribution < -0.4 is 14.4 Å². The zero-order valence-corrected chi connectivity index (χ0v) is 28.7. The first-order valence-electron chi connectivity index (χ1n) is 17.4. The number of amides is 1. The number of aromatic nitrogens is 4. The third-order valence-corrected chi connectivity index (χ3v) is 10.6. The van der Waals surface area contributed by atoms with Crippen LogP contribution in [0.3, 0.4) is 0 Å². The Hall–Kier alpha value is -4.65. The van der Waals surface area contributed by atoms with Gasteiger partial charge in [0.1, 0.15) is 23.3 Å². The van der Waals surface area contributed by atoms with Gasteiger partial charge in [-0.15, -0.1) is 0 Å². The Balaban J connectivity index is 1.39. The molecule has 3 aliphatic rings. The molecule has 2 aromatic carbocycles. The fraction of sp³-hybridized carbons (Fsp3) is 0.459. The molecule has 0 saturated carbocycles. The zero-order valence-electron chi connectivity index (χ0n) is 28.7. The number of anilines is 1. The molecule has 3 fully saturated rings. The lowest BCUT2D eigenvalue weighted by Crippen LogP contribution is -2.61. The number of carbonyl (C=O) groups is 1. The average Bonchev–Trinajstić information content (AvgIpc) is 3.56. The summed E-state index contributed by atoms with van der Waals surface area (Å²) in [5.41, 5.74) is 1.95. The highest BCUT2D eigenvalue weighted by atomic mass is 19.3. The molecule has 13 heteroatoms. The Labute approximate surface area is 288 Å². The van der Waals surface area contributed by atoms with Crippen molar-refractivity contribution in [1.29, 1.82) is 0 Å². The van der Waals surface area contributed by atoms with Crippen LogP contribution in [0, 0.1) is 18.2 Å². The number of carbonyl (C=O) groups excluding carboxylic acids is 1. The lowest BCUT2D eigenvalue weighted by Gasteiger charge is -2.54. The molecule has 1 spiro atoms. The summed E-state index contributed by atoms with van der Waals surface area (Å²) in [6.07, 6.45) is 4.99. The number of aromatic amines is 1. The van der Waals surface area contributed by atoms with Crippen LogP contribution in [0.2, 0.25) is 0 Å². The number of H-pyrrole nitrogens is 1. The second-order valence-corrected chi connectivity index (χ2v) is 13.6. The maximum Gasteiger partial charge on any atom is 0.319 e. The van der Waals surface area contributed by atoms with Crippen LogP contribution in [0.1, 0.15) is 50.7 Å². The molecule has 7 rings (SSSR count). The van der Waals surface area contributed by atoms with Crippen molar-refractivity contribution in [2.45, 2.75) is 52.6 Å². The molecule has 0 atom stereocenters. The van der Waals surface area contributed by atoms with Crippen molar-refractivity contribution in [3.8, 4) is 22.9 Å². The van der Waals surface area contributed by atoms with Crippen molar-refractivity contribution in [1.82, 2.24) is 30.0 Å². The highest BCUT2D eigenvalue weighted by molar-refractivity contribution is 6.07. The van der Waals surface area contributed by atoms with E-state index >= 15 is 4.39 Å². The molecule has 5 heterocycles. The number of nitrogens with one attached hydrogen (secondary N) is 1. The normalized spacial score (nSPS) is 18.0. The van der Waals surface area contributed by atoms with Crippen molar-refractivity contribution < 1.29 is 27.4 Å². The fourth-order valence-corrected chi connectivity index (χ4v) is 7.82. The molecule has 264 valence electrons. The van der Waals surface area contributed by atoms with Crippen molar-refractivity contribution in [2.24, 2.45) is 5.41 Å². The molecular formula is C37H42F3N7O3. The highest BCUT2D eigenvalue weighted by Gasteiger charge is 2.46. The Kier molecular flexibility index (Phi) is 9.19. The van der Waals surface area contributed by atoms with Crippen LogP contribution in [0.4, 0.5) is 19.0 Å². The molecule has 0 unspecified atom stereocenters. The van der Waals surface area contributed by atoms with Gasteiger partial charge >= 0.3 is 6.01 Å². The Morgan fingerprint density at radius 3 is 2.48 bits per heavy atom. The summed E-state index contributed by atoms with van der Waals surface area (Å²) >= 11 is 0. The van der Waals surface area contributed by atoms with Gasteiger partial charge in [-0.3, -0.25) is 9.89 Å². The third-order valence-electron chi connectivity index (χ3n) is 10.6. The molecule has 0 bridgehead atoms. The molecule has 1 amide bonds. The molecule has 1 N–H and O–H groups in total. The van der Waals surface area contributed by atoms with E-state index in [9.17, 15) is 13.6 Å². The van der Waals surface area contributed by atoms with E-state index in [2.05, 4.69) is 33.5 Å². The Morgan fingerprint density at radius 1 is 1.08 bits per heavy atom. The van der Waals surface area contributed by atoms with Crippen LogP contribution in [0.25, 0.3) is 39.0 Å². The molecule has 50 heavy (non-hydrogen) atoms. The van der Waals surface area contributed by atoms with E-state index in [0.29, 0.717) is 64.9 Å². The van der Waals surface area contributed by atoms with Crippen LogP contribution in [-0.2, 0) is 4.79 Å². The standard InChI is InChI=1S/C37H42F3N7O3/c1-5-30(48)47-20-37(21-47)10-14-46(15-11-37)35-25-16-23(17-29(39)40)32(31-22(4)27(38)18-28-26(31)19-41-44-28)34(49-7-3)33(25)42-36(43-35)50-24-8-12-45(6-2)13-9-24/h5,16-19,24H,1,6-15,20-21H2,2-4H3,(H,41,44). The maximum atomic E-state index is 15.4. The lowest BCUT2D eigenvalue weighted by atomic mass is 9.72. The molecule has 3 aliphatic heterocycles. The number of piperidine rings is 2. The minimum atomic E-state index is -1.91. The number of halogens is 3. The number of hydrogen-bond acceptors (Lipinski definition) is 8. The van der Waals surface area contributed by atoms with E-state index in [-0.39, 0.29) is 46.9 Å². The number of benzene rings is 2. The fourth-order valence-electron chi connectivity index (χ4n) is 7.82. The predicted octanol–water partition coefficient (Wildman–Crippen LogP) is 6.73. The summed E-state index contributed by atoms with van der Waals surface area (Å²) in [6, 6.07) is 3.19. The van der Waals surface area contributed by atoms with E-state index in [1.54, 1.807) is 19.2 Å². The first kappa shape index (κ1) is 33.8. The van der Waals surface area contributed by atoms with Crippen LogP contribution in [-0.4, -0.2) is 94.4 Å². The van der Waals surface area contributed by atoms with Crippen molar-refractivity contribution in [2.75, 3.05) is 57.3 Å². The SMILES string of the molecule is C=CC(=O)N1CC2(CCN(c3nc(OC4CCN(CC)CC4)nc4c(OCC)c(-c5c(C)c(F)cc6[nH]ncc56)c(C=C(F)F)cc34)CC2)C1. The predicted molar refractivity (Wildman–Crippen MR) is 187 cm³/mol. The molecular weight excluding hydrogens is 647 g/mol. The van der Waals surface area contributed by atoms with Crippen LogP contribution >= 0.6 is 0 Å². The van der Waals surface area contributed by atoms with E-state index < -0.39 is 11.9 Å². The summed E-state index contributed by atoms with van der Waals surface area (Å²) in [4.78, 5) is 28.4. The molecule has 2 aromatic heterocycles. The summed E-state index contributed by atoms with van der Waals surface area (Å²) < 4.78 is 56.8. The smallest absolute Gasteiger partial charge is 0.319 e. The van der Waals surface area contributed by atoms with Gasteiger partial charge in [0, 0.05) is 72.7 Å². The number of hydrogen-bond donors (Lipinski definition) is 1. The van der Waals surface area contributed by atoms with Crippen molar-refractivity contribution >= 4 is 39.6 Å². The number of ether oxygens (including phenoxy) is 2. The second kappa shape index (κ2) is 13.6. The van der Waals surface area contributed by atoms with Gasteiger partial charge in [-0.2, -0.15) is 23.8 Å². The second-order valence-electron chi connectivity index (χ2n) is 13.6. The van der Waals surface area contributed by atoms with E-state index in [1.807, 2.05) is 11.8 Å². The Morgan fingerprint density at radius 2 is 1.82 bits per heavy atom. The molecule has 10 nitrogen and oxygen atoms in total. The maximum absolute atomic E-state index is 15.4. The van der Waals surface area contributed by atoms with Gasteiger partial charge in [-0.05, 0) is 75.4 Å². The van der Waals surface area contributed by atoms with E-state index in [4.69, 9.17) is 19.4 Å². The molecule has 3 saturated heterocycles. The van der Waals surface area contributed by atoms with Crippen molar-refractivity contribution in [3.63, 3.8) is 0 Å². The Bertz CT molecular complexity index is 1970. The quantitative estimate of drug-likeness (QED) is 0.193. The number of nitrogens with zero attached hydrogens (tertiary/aromatic N) is 6. The van der Waals surface area contributed by atoms with Gasteiger partial charge in [0.15, 0.2) is 5.75 Å². The first-order valence-corrected chi connectivity index (χ1v) is 17.4. The topological polar surface area (TPSA) is 99.7 Å². The van der Waals surface area contributed by atoms with Crippen molar-refractivity contribution in [3.05, 3.63) is 54.0 Å². The van der Waals surface area contributed by atoms with E-state index in [1.165, 1.54) is 12.1 Å². The third kappa shape index (κ3) is 6.16. The number of likely N-dealkylation sites (tertiary alicyclic amines) is 2. The molecule has 0 aliphatic carbocycles. The van der Waals surface area contributed by atoms with Crippen LogP contribution in [0.5, 0.6) is 11.8 Å². The van der Waals surface area contributed by atoms with E-state index in [0.717, 1.165) is 51.4 Å². The minimum Gasteiger partial charge on any atom is -0.491 e.